The summed E-state index contributed by atoms with van der Waals surface area (Å²) in [7, 11) is 0. The Morgan fingerprint density at radius 1 is 1.11 bits per heavy atom. The molecule has 0 aromatic carbocycles. The van der Waals surface area contributed by atoms with Crippen molar-refractivity contribution in [2.45, 2.75) is 58.8 Å². The Morgan fingerprint density at radius 3 is 2.81 bits per heavy atom. The molecule has 27 heavy (non-hydrogen) atoms. The van der Waals surface area contributed by atoms with Crippen LogP contribution in [0.25, 0.3) is 5.57 Å². The largest absolute Gasteiger partial charge is 0.466 e. The predicted octanol–water partition coefficient (Wildman–Crippen LogP) is 4.67. The highest BCUT2D eigenvalue weighted by molar-refractivity contribution is 5.71. The molecule has 2 heterocycles. The van der Waals surface area contributed by atoms with Gasteiger partial charge in [0.25, 0.3) is 0 Å². The number of hydrogen-bond donors (Lipinski definition) is 0. The van der Waals surface area contributed by atoms with Crippen molar-refractivity contribution in [3.05, 3.63) is 30.4 Å². The molecule has 144 valence electrons. The van der Waals surface area contributed by atoms with Gasteiger partial charge in [-0.15, -0.1) is 0 Å². The standard InChI is InChI=1S/C23H30N2O2/c1-22-9-12-27-21(26)13-15(22)3-4-16-17-5-6-19(20-14-24-10-11-25-20)23(17,2)8-7-18(16)22/h6,10-11,14-18H,3-5,7-9,12-13H2,1-2H3. The van der Waals surface area contributed by atoms with Gasteiger partial charge in [-0.05, 0) is 78.6 Å². The molecule has 0 bridgehead atoms. The zero-order chi connectivity index (χ0) is 18.6. The first-order chi connectivity index (χ1) is 13.0. The second-order valence-electron chi connectivity index (χ2n) is 9.73. The average Bonchev–Trinajstić information content (AvgIpc) is 2.93. The van der Waals surface area contributed by atoms with Crippen LogP contribution < -0.4 is 0 Å². The van der Waals surface area contributed by atoms with E-state index in [1.165, 1.54) is 37.7 Å². The normalized spacial score (nSPS) is 43.6. The average molecular weight is 367 g/mol. The maximum atomic E-state index is 12.0. The molecule has 6 atom stereocenters. The van der Waals surface area contributed by atoms with Crippen LogP contribution in [-0.4, -0.2) is 22.5 Å². The topological polar surface area (TPSA) is 52.1 Å². The smallest absolute Gasteiger partial charge is 0.306 e. The maximum Gasteiger partial charge on any atom is 0.306 e. The molecule has 4 heteroatoms. The van der Waals surface area contributed by atoms with Crippen LogP contribution in [0.2, 0.25) is 0 Å². The Morgan fingerprint density at radius 2 is 2.00 bits per heavy atom. The molecule has 0 spiro atoms. The fourth-order valence-electron chi connectivity index (χ4n) is 7.31. The van der Waals surface area contributed by atoms with E-state index in [2.05, 4.69) is 29.9 Å². The number of carbonyl (C=O) groups excluding carboxylic acids is 1. The van der Waals surface area contributed by atoms with Crippen molar-refractivity contribution >= 4 is 11.5 Å². The van der Waals surface area contributed by atoms with Crippen molar-refractivity contribution in [3.8, 4) is 0 Å². The zero-order valence-electron chi connectivity index (χ0n) is 16.5. The number of ether oxygens (including phenoxy) is 1. The van der Waals surface area contributed by atoms with Crippen LogP contribution in [0.3, 0.4) is 0 Å². The predicted molar refractivity (Wildman–Crippen MR) is 103 cm³/mol. The number of carbonyl (C=O) groups is 1. The Kier molecular flexibility index (Phi) is 3.96. The minimum absolute atomic E-state index is 0.0234. The first kappa shape index (κ1) is 17.4. The Labute approximate surface area is 161 Å². The van der Waals surface area contributed by atoms with E-state index >= 15 is 0 Å². The second kappa shape index (κ2) is 6.15. The first-order valence-corrected chi connectivity index (χ1v) is 10.6. The van der Waals surface area contributed by atoms with E-state index in [4.69, 9.17) is 4.74 Å². The minimum atomic E-state index is 0.0234. The molecule has 3 aliphatic carbocycles. The lowest BCUT2D eigenvalue weighted by Gasteiger charge is -2.58. The van der Waals surface area contributed by atoms with E-state index in [1.807, 2.05) is 12.4 Å². The van der Waals surface area contributed by atoms with Gasteiger partial charge in [-0.1, -0.05) is 19.9 Å². The third-order valence-corrected chi connectivity index (χ3v) is 8.80. The quantitative estimate of drug-likeness (QED) is 0.678. The molecule has 1 aliphatic heterocycles. The summed E-state index contributed by atoms with van der Waals surface area (Å²) in [5.41, 5.74) is 2.96. The molecule has 1 saturated heterocycles. The van der Waals surface area contributed by atoms with Crippen LogP contribution in [0.1, 0.15) is 64.5 Å². The highest BCUT2D eigenvalue weighted by Crippen LogP contribution is 2.66. The Hall–Kier alpha value is -1.71. The van der Waals surface area contributed by atoms with Crippen molar-refractivity contribution in [1.82, 2.24) is 9.97 Å². The van der Waals surface area contributed by atoms with Crippen LogP contribution in [0.15, 0.2) is 24.7 Å². The van der Waals surface area contributed by atoms with Crippen molar-refractivity contribution < 1.29 is 9.53 Å². The number of hydrogen-bond acceptors (Lipinski definition) is 4. The van der Waals surface area contributed by atoms with Crippen molar-refractivity contribution in [3.63, 3.8) is 0 Å². The van der Waals surface area contributed by atoms with E-state index in [0.717, 1.165) is 24.0 Å². The van der Waals surface area contributed by atoms with E-state index in [9.17, 15) is 4.79 Å². The lowest BCUT2D eigenvalue weighted by Crippen LogP contribution is -2.51. The molecular formula is C23H30N2O2. The zero-order valence-corrected chi connectivity index (χ0v) is 16.5. The summed E-state index contributed by atoms with van der Waals surface area (Å²) in [6, 6.07) is 0. The van der Waals surface area contributed by atoms with Gasteiger partial charge in [-0.25, -0.2) is 0 Å². The summed E-state index contributed by atoms with van der Waals surface area (Å²) in [4.78, 5) is 21.0. The molecule has 4 nitrogen and oxygen atoms in total. The van der Waals surface area contributed by atoms with Crippen molar-refractivity contribution in [2.24, 2.45) is 34.5 Å². The molecule has 4 aliphatic rings. The molecule has 0 N–H and O–H groups in total. The number of nitrogens with zero attached hydrogens (tertiary/aromatic N) is 2. The molecule has 0 amide bonds. The summed E-state index contributed by atoms with van der Waals surface area (Å²) < 4.78 is 5.46. The summed E-state index contributed by atoms with van der Waals surface area (Å²) in [6.07, 6.45) is 15.7. The molecule has 6 unspecified atom stereocenters. The SMILES string of the molecule is CC12CCC3C(CCC4CC(=O)OCCC43C)C1CC=C2c1cnccn1. The van der Waals surface area contributed by atoms with Crippen LogP contribution in [0.4, 0.5) is 0 Å². The van der Waals surface area contributed by atoms with Crippen molar-refractivity contribution in [1.29, 1.82) is 0 Å². The maximum absolute atomic E-state index is 12.0. The van der Waals surface area contributed by atoms with Gasteiger partial charge in [-0.3, -0.25) is 14.8 Å². The van der Waals surface area contributed by atoms with Gasteiger partial charge in [0, 0.05) is 18.8 Å². The van der Waals surface area contributed by atoms with Crippen LogP contribution >= 0.6 is 0 Å². The lowest BCUT2D eigenvalue weighted by atomic mass is 9.46. The van der Waals surface area contributed by atoms with Crippen LogP contribution in [-0.2, 0) is 9.53 Å². The number of aromatic nitrogens is 2. The van der Waals surface area contributed by atoms with E-state index < -0.39 is 0 Å². The van der Waals surface area contributed by atoms with Gasteiger partial charge >= 0.3 is 5.97 Å². The minimum Gasteiger partial charge on any atom is -0.466 e. The third kappa shape index (κ3) is 2.51. The number of esters is 1. The number of allylic oxidation sites excluding steroid dienone is 2. The van der Waals surface area contributed by atoms with E-state index in [0.29, 0.717) is 24.9 Å². The number of cyclic esters (lactones) is 1. The van der Waals surface area contributed by atoms with Crippen LogP contribution in [0.5, 0.6) is 0 Å². The van der Waals surface area contributed by atoms with Gasteiger partial charge in [0.05, 0.1) is 18.5 Å². The molecule has 2 saturated carbocycles. The number of rotatable bonds is 1. The van der Waals surface area contributed by atoms with Crippen molar-refractivity contribution in [2.75, 3.05) is 6.61 Å². The highest BCUT2D eigenvalue weighted by Gasteiger charge is 2.58. The van der Waals surface area contributed by atoms with Gasteiger partial charge in [0.2, 0.25) is 0 Å². The monoisotopic (exact) mass is 366 g/mol. The highest BCUT2D eigenvalue weighted by atomic mass is 16.5. The first-order valence-electron chi connectivity index (χ1n) is 10.6. The summed E-state index contributed by atoms with van der Waals surface area (Å²) in [5.74, 6) is 2.70. The van der Waals surface area contributed by atoms with E-state index in [1.54, 1.807) is 6.20 Å². The molecule has 1 aromatic heterocycles. The van der Waals surface area contributed by atoms with E-state index in [-0.39, 0.29) is 16.8 Å². The third-order valence-electron chi connectivity index (χ3n) is 8.80. The molecule has 5 rings (SSSR count). The summed E-state index contributed by atoms with van der Waals surface area (Å²) >= 11 is 0. The summed E-state index contributed by atoms with van der Waals surface area (Å²) in [5, 5.41) is 0. The summed E-state index contributed by atoms with van der Waals surface area (Å²) in [6.45, 7) is 5.54. The lowest BCUT2D eigenvalue weighted by molar-refractivity contribution is -0.143. The van der Waals surface area contributed by atoms with Crippen LogP contribution in [0, 0.1) is 34.5 Å². The fraction of sp³-hybridized carbons (Fsp3) is 0.696. The fourth-order valence-corrected chi connectivity index (χ4v) is 7.31. The second-order valence-corrected chi connectivity index (χ2v) is 9.73. The molecular weight excluding hydrogens is 336 g/mol. The Balaban J connectivity index is 1.45. The van der Waals surface area contributed by atoms with Gasteiger partial charge in [0.1, 0.15) is 0 Å². The van der Waals surface area contributed by atoms with Gasteiger partial charge in [0.15, 0.2) is 0 Å². The molecule has 3 fully saturated rings. The molecule has 1 aromatic rings. The van der Waals surface area contributed by atoms with Gasteiger partial charge < -0.3 is 4.74 Å². The molecule has 0 radical (unpaired) electrons. The number of fused-ring (bicyclic) bond motifs is 5. The Bertz CT molecular complexity index is 776. The van der Waals surface area contributed by atoms with Gasteiger partial charge in [-0.2, -0.15) is 0 Å².